The smallest absolute Gasteiger partial charge is 0.270 e. The van der Waals surface area contributed by atoms with Gasteiger partial charge in [-0.2, -0.15) is 0 Å². The number of nitrogens with one attached hydrogen (secondary N) is 2. The Morgan fingerprint density at radius 3 is 2.52 bits per heavy atom. The fourth-order valence-corrected chi connectivity index (χ4v) is 2.88. The SMILES string of the molecule is Cc1cc(C(=O)NCC2CCCO2)nc(NCC2CCCO2)n1. The Hall–Kier alpha value is -1.73. The summed E-state index contributed by atoms with van der Waals surface area (Å²) in [6.45, 7) is 4.65. The molecular weight excluding hydrogens is 296 g/mol. The Morgan fingerprint density at radius 1 is 1.17 bits per heavy atom. The third-order valence-electron chi connectivity index (χ3n) is 4.11. The van der Waals surface area contributed by atoms with Gasteiger partial charge in [-0.05, 0) is 38.7 Å². The first-order chi connectivity index (χ1) is 11.2. The fraction of sp³-hybridized carbons (Fsp3) is 0.688. The Bertz CT molecular complexity index is 540. The maximum absolute atomic E-state index is 12.3. The average Bonchev–Trinajstić information content (AvgIpc) is 3.23. The molecule has 3 rings (SSSR count). The number of aryl methyl sites for hydroxylation is 1. The van der Waals surface area contributed by atoms with Gasteiger partial charge >= 0.3 is 0 Å². The van der Waals surface area contributed by atoms with Crippen LogP contribution in [0.1, 0.15) is 41.9 Å². The molecule has 2 unspecified atom stereocenters. The molecule has 2 aliphatic heterocycles. The molecule has 1 aromatic heterocycles. The number of carbonyl (C=O) groups excluding carboxylic acids is 1. The van der Waals surface area contributed by atoms with Gasteiger partial charge in [0, 0.05) is 32.0 Å². The molecule has 2 atom stereocenters. The van der Waals surface area contributed by atoms with E-state index in [-0.39, 0.29) is 18.1 Å². The van der Waals surface area contributed by atoms with Crippen LogP contribution in [-0.4, -0.2) is 54.4 Å². The molecule has 2 N–H and O–H groups in total. The predicted octanol–water partition coefficient (Wildman–Crippen LogP) is 1.28. The molecule has 0 bridgehead atoms. The van der Waals surface area contributed by atoms with Crippen molar-refractivity contribution in [2.45, 2.75) is 44.8 Å². The topological polar surface area (TPSA) is 85.4 Å². The number of anilines is 1. The van der Waals surface area contributed by atoms with Crippen LogP contribution < -0.4 is 10.6 Å². The molecule has 2 saturated heterocycles. The van der Waals surface area contributed by atoms with Crippen LogP contribution in [0.3, 0.4) is 0 Å². The molecule has 1 amide bonds. The van der Waals surface area contributed by atoms with Crippen molar-refractivity contribution in [2.75, 3.05) is 31.6 Å². The van der Waals surface area contributed by atoms with Crippen molar-refractivity contribution in [2.24, 2.45) is 0 Å². The maximum Gasteiger partial charge on any atom is 0.270 e. The molecule has 0 radical (unpaired) electrons. The number of nitrogens with zero attached hydrogens (tertiary/aromatic N) is 2. The second-order valence-corrected chi connectivity index (χ2v) is 6.08. The van der Waals surface area contributed by atoms with Crippen molar-refractivity contribution in [3.05, 3.63) is 17.5 Å². The molecule has 23 heavy (non-hydrogen) atoms. The number of hydrogen-bond acceptors (Lipinski definition) is 6. The number of carbonyl (C=O) groups is 1. The summed E-state index contributed by atoms with van der Waals surface area (Å²) in [6.07, 6.45) is 4.53. The molecule has 7 heteroatoms. The lowest BCUT2D eigenvalue weighted by molar-refractivity contribution is 0.0853. The third-order valence-corrected chi connectivity index (χ3v) is 4.11. The minimum Gasteiger partial charge on any atom is -0.376 e. The van der Waals surface area contributed by atoms with Crippen molar-refractivity contribution >= 4 is 11.9 Å². The number of aromatic nitrogens is 2. The molecule has 7 nitrogen and oxygen atoms in total. The van der Waals surface area contributed by atoms with E-state index in [1.807, 2.05) is 6.92 Å². The monoisotopic (exact) mass is 320 g/mol. The summed E-state index contributed by atoms with van der Waals surface area (Å²) < 4.78 is 11.1. The Balaban J connectivity index is 1.56. The van der Waals surface area contributed by atoms with Crippen LogP contribution in [0.4, 0.5) is 5.95 Å². The highest BCUT2D eigenvalue weighted by Crippen LogP contribution is 2.13. The van der Waals surface area contributed by atoms with Gasteiger partial charge in [-0.1, -0.05) is 0 Å². The van der Waals surface area contributed by atoms with Gasteiger partial charge in [0.25, 0.3) is 5.91 Å². The van der Waals surface area contributed by atoms with Crippen LogP contribution in [0, 0.1) is 6.92 Å². The summed E-state index contributed by atoms with van der Waals surface area (Å²) in [5, 5.41) is 6.05. The largest absolute Gasteiger partial charge is 0.376 e. The lowest BCUT2D eigenvalue weighted by Gasteiger charge is -2.13. The molecule has 0 saturated carbocycles. The molecule has 2 fully saturated rings. The highest BCUT2D eigenvalue weighted by Gasteiger charge is 2.19. The number of hydrogen-bond donors (Lipinski definition) is 2. The minimum atomic E-state index is -0.189. The minimum absolute atomic E-state index is 0.124. The lowest BCUT2D eigenvalue weighted by Crippen LogP contribution is -2.32. The van der Waals surface area contributed by atoms with Crippen LogP contribution in [0.5, 0.6) is 0 Å². The number of amides is 1. The zero-order valence-corrected chi connectivity index (χ0v) is 13.5. The van der Waals surface area contributed by atoms with E-state index in [4.69, 9.17) is 9.47 Å². The summed E-state index contributed by atoms with van der Waals surface area (Å²) >= 11 is 0. The third kappa shape index (κ3) is 4.62. The number of rotatable bonds is 6. The van der Waals surface area contributed by atoms with Crippen LogP contribution >= 0.6 is 0 Å². The fourth-order valence-electron chi connectivity index (χ4n) is 2.88. The van der Waals surface area contributed by atoms with E-state index in [0.29, 0.717) is 24.7 Å². The molecule has 126 valence electrons. The van der Waals surface area contributed by atoms with Gasteiger partial charge in [0.05, 0.1) is 12.2 Å². The van der Waals surface area contributed by atoms with Gasteiger partial charge in [-0.25, -0.2) is 9.97 Å². The van der Waals surface area contributed by atoms with Gasteiger partial charge in [-0.3, -0.25) is 4.79 Å². The van der Waals surface area contributed by atoms with Crippen LogP contribution in [0.15, 0.2) is 6.07 Å². The first-order valence-electron chi connectivity index (χ1n) is 8.31. The van der Waals surface area contributed by atoms with Gasteiger partial charge in [0.1, 0.15) is 5.69 Å². The van der Waals surface area contributed by atoms with E-state index in [1.54, 1.807) is 6.07 Å². The molecule has 2 aliphatic rings. The van der Waals surface area contributed by atoms with Crippen LogP contribution in [0.2, 0.25) is 0 Å². The highest BCUT2D eigenvalue weighted by atomic mass is 16.5. The van der Waals surface area contributed by atoms with E-state index >= 15 is 0 Å². The molecule has 1 aromatic rings. The van der Waals surface area contributed by atoms with E-state index in [1.165, 1.54) is 0 Å². The average molecular weight is 320 g/mol. The standard InChI is InChI=1S/C16H24N4O3/c1-11-8-14(15(21)17-9-12-4-2-6-22-12)20-16(19-11)18-10-13-5-3-7-23-13/h8,12-13H,2-7,9-10H2,1H3,(H,17,21)(H,18,19,20). The van der Waals surface area contributed by atoms with E-state index in [9.17, 15) is 4.79 Å². The quantitative estimate of drug-likeness (QED) is 0.821. The first kappa shape index (κ1) is 16.1. The zero-order chi connectivity index (χ0) is 16.1. The van der Waals surface area contributed by atoms with E-state index < -0.39 is 0 Å². The van der Waals surface area contributed by atoms with Gasteiger partial charge in [0.2, 0.25) is 5.95 Å². The summed E-state index contributed by atoms with van der Waals surface area (Å²) in [7, 11) is 0. The summed E-state index contributed by atoms with van der Waals surface area (Å²) in [5.74, 6) is 0.286. The van der Waals surface area contributed by atoms with Gasteiger partial charge in [-0.15, -0.1) is 0 Å². The Kier molecular flexibility index (Phi) is 5.40. The van der Waals surface area contributed by atoms with E-state index in [2.05, 4.69) is 20.6 Å². The zero-order valence-electron chi connectivity index (χ0n) is 13.5. The highest BCUT2D eigenvalue weighted by molar-refractivity contribution is 5.92. The van der Waals surface area contributed by atoms with Crippen molar-refractivity contribution in [1.29, 1.82) is 0 Å². The molecule has 0 aliphatic carbocycles. The maximum atomic E-state index is 12.3. The Labute approximate surface area is 136 Å². The van der Waals surface area contributed by atoms with E-state index in [0.717, 1.165) is 44.6 Å². The second-order valence-electron chi connectivity index (χ2n) is 6.08. The first-order valence-corrected chi connectivity index (χ1v) is 8.31. The van der Waals surface area contributed by atoms with Crippen LogP contribution in [0.25, 0.3) is 0 Å². The normalized spacial score (nSPS) is 23.9. The second kappa shape index (κ2) is 7.70. The molecule has 0 spiro atoms. The predicted molar refractivity (Wildman–Crippen MR) is 85.5 cm³/mol. The van der Waals surface area contributed by atoms with Crippen molar-refractivity contribution in [1.82, 2.24) is 15.3 Å². The molecule has 0 aromatic carbocycles. The molecular formula is C16H24N4O3. The number of ether oxygens (including phenoxy) is 2. The van der Waals surface area contributed by atoms with Crippen LogP contribution in [-0.2, 0) is 9.47 Å². The van der Waals surface area contributed by atoms with Gasteiger partial charge < -0.3 is 20.1 Å². The van der Waals surface area contributed by atoms with Crippen molar-refractivity contribution in [3.8, 4) is 0 Å². The van der Waals surface area contributed by atoms with Crippen molar-refractivity contribution in [3.63, 3.8) is 0 Å². The lowest BCUT2D eigenvalue weighted by atomic mass is 10.2. The summed E-state index contributed by atoms with van der Waals surface area (Å²) in [6, 6.07) is 1.70. The van der Waals surface area contributed by atoms with Gasteiger partial charge in [0.15, 0.2) is 0 Å². The Morgan fingerprint density at radius 2 is 1.87 bits per heavy atom. The molecule has 3 heterocycles. The van der Waals surface area contributed by atoms with Crippen molar-refractivity contribution < 1.29 is 14.3 Å². The summed E-state index contributed by atoms with van der Waals surface area (Å²) in [4.78, 5) is 20.9. The summed E-state index contributed by atoms with van der Waals surface area (Å²) in [5.41, 5.74) is 1.14.